The summed E-state index contributed by atoms with van der Waals surface area (Å²) in [6, 6.07) is 14.2. The summed E-state index contributed by atoms with van der Waals surface area (Å²) in [6.45, 7) is 0. The Morgan fingerprint density at radius 2 is 1.95 bits per heavy atom. The molecular formula is C15H14BrCl2N. The quantitative estimate of drug-likeness (QED) is 0.786. The molecule has 100 valence electrons. The summed E-state index contributed by atoms with van der Waals surface area (Å²) in [5, 5.41) is 4.81. The first-order valence-corrected chi connectivity index (χ1v) is 7.51. The number of benzene rings is 2. The highest BCUT2D eigenvalue weighted by atomic mass is 79.9. The Bertz CT molecular complexity index is 572. The van der Waals surface area contributed by atoms with E-state index >= 15 is 0 Å². The second-order valence-electron chi connectivity index (χ2n) is 4.35. The summed E-state index contributed by atoms with van der Waals surface area (Å²) in [6.07, 6.45) is 0.870. The van der Waals surface area contributed by atoms with E-state index in [2.05, 4.69) is 33.4 Å². The molecule has 0 aliphatic rings. The van der Waals surface area contributed by atoms with Gasteiger partial charge in [-0.25, -0.2) is 0 Å². The van der Waals surface area contributed by atoms with Crippen LogP contribution in [0.1, 0.15) is 17.2 Å². The van der Waals surface area contributed by atoms with Crippen molar-refractivity contribution in [3.8, 4) is 0 Å². The topological polar surface area (TPSA) is 12.0 Å². The Labute approximate surface area is 132 Å². The van der Waals surface area contributed by atoms with Crippen molar-refractivity contribution in [2.75, 3.05) is 7.05 Å². The Kier molecular flexibility index (Phi) is 5.28. The van der Waals surface area contributed by atoms with Crippen molar-refractivity contribution < 1.29 is 0 Å². The van der Waals surface area contributed by atoms with E-state index in [9.17, 15) is 0 Å². The van der Waals surface area contributed by atoms with E-state index in [4.69, 9.17) is 23.2 Å². The van der Waals surface area contributed by atoms with Crippen LogP contribution in [-0.2, 0) is 6.42 Å². The lowest BCUT2D eigenvalue weighted by Gasteiger charge is -2.17. The van der Waals surface area contributed by atoms with Crippen LogP contribution in [0.4, 0.5) is 0 Å². The van der Waals surface area contributed by atoms with Crippen LogP contribution >= 0.6 is 39.1 Å². The van der Waals surface area contributed by atoms with Crippen molar-refractivity contribution in [3.63, 3.8) is 0 Å². The van der Waals surface area contributed by atoms with E-state index in [1.807, 2.05) is 37.4 Å². The average Bonchev–Trinajstić information content (AvgIpc) is 2.39. The summed E-state index contributed by atoms with van der Waals surface area (Å²) in [5.74, 6) is 0. The third-order valence-electron chi connectivity index (χ3n) is 3.02. The molecule has 19 heavy (non-hydrogen) atoms. The molecule has 0 heterocycles. The fraction of sp³-hybridized carbons (Fsp3) is 0.200. The maximum Gasteiger partial charge on any atom is 0.0551 e. The van der Waals surface area contributed by atoms with Crippen molar-refractivity contribution in [3.05, 3.63) is 68.1 Å². The van der Waals surface area contributed by atoms with Gasteiger partial charge >= 0.3 is 0 Å². The Hall–Kier alpha value is -0.540. The molecule has 0 saturated carbocycles. The minimum atomic E-state index is 0.212. The number of nitrogens with one attached hydrogen (secondary N) is 1. The van der Waals surface area contributed by atoms with Gasteiger partial charge in [0.05, 0.1) is 5.02 Å². The second kappa shape index (κ2) is 6.76. The molecule has 0 saturated heterocycles. The minimum Gasteiger partial charge on any atom is -0.313 e. The molecule has 4 heteroatoms. The van der Waals surface area contributed by atoms with E-state index < -0.39 is 0 Å². The van der Waals surface area contributed by atoms with Crippen LogP contribution in [0.3, 0.4) is 0 Å². The van der Waals surface area contributed by atoms with E-state index in [-0.39, 0.29) is 6.04 Å². The zero-order chi connectivity index (χ0) is 13.8. The smallest absolute Gasteiger partial charge is 0.0551 e. The van der Waals surface area contributed by atoms with Gasteiger partial charge in [0.2, 0.25) is 0 Å². The molecule has 2 aromatic carbocycles. The van der Waals surface area contributed by atoms with Crippen molar-refractivity contribution >= 4 is 39.1 Å². The standard InChI is InChI=1S/C15H14BrCl2N/c1-19-15(8-10-3-2-4-12(17)7-10)11-5-6-13(16)14(18)9-11/h2-7,9,15,19H,8H2,1H3. The zero-order valence-corrected chi connectivity index (χ0v) is 13.6. The van der Waals surface area contributed by atoms with Crippen LogP contribution in [0.25, 0.3) is 0 Å². The summed E-state index contributed by atoms with van der Waals surface area (Å²) in [5.41, 5.74) is 2.36. The van der Waals surface area contributed by atoms with Gasteiger partial charge in [0.15, 0.2) is 0 Å². The first-order chi connectivity index (χ1) is 9.10. The number of hydrogen-bond acceptors (Lipinski definition) is 1. The molecule has 1 atom stereocenters. The van der Waals surface area contributed by atoms with Gasteiger partial charge in [0.25, 0.3) is 0 Å². The molecule has 0 aliphatic heterocycles. The highest BCUT2D eigenvalue weighted by molar-refractivity contribution is 9.10. The Morgan fingerprint density at radius 1 is 1.16 bits per heavy atom. The summed E-state index contributed by atoms with van der Waals surface area (Å²) < 4.78 is 0.913. The highest BCUT2D eigenvalue weighted by Crippen LogP contribution is 2.27. The SMILES string of the molecule is CNC(Cc1cccc(Cl)c1)c1ccc(Br)c(Cl)c1. The number of halogens is 3. The van der Waals surface area contributed by atoms with Gasteiger partial charge in [-0.15, -0.1) is 0 Å². The minimum absolute atomic E-state index is 0.212. The average molecular weight is 359 g/mol. The fourth-order valence-corrected chi connectivity index (χ4v) is 2.66. The molecule has 0 aliphatic carbocycles. The molecule has 0 spiro atoms. The van der Waals surface area contributed by atoms with Crippen LogP contribution in [0.2, 0.25) is 10.0 Å². The monoisotopic (exact) mass is 357 g/mol. The van der Waals surface area contributed by atoms with Gasteiger partial charge < -0.3 is 5.32 Å². The maximum atomic E-state index is 6.15. The number of likely N-dealkylation sites (N-methyl/N-ethyl adjacent to an activating group) is 1. The summed E-state index contributed by atoms with van der Waals surface area (Å²) in [7, 11) is 1.95. The fourth-order valence-electron chi connectivity index (χ4n) is 2.02. The Balaban J connectivity index is 2.22. The van der Waals surface area contributed by atoms with Gasteiger partial charge in [-0.2, -0.15) is 0 Å². The lowest BCUT2D eigenvalue weighted by Crippen LogP contribution is -2.18. The lowest BCUT2D eigenvalue weighted by atomic mass is 9.99. The van der Waals surface area contributed by atoms with Gasteiger partial charge in [0.1, 0.15) is 0 Å². The molecule has 2 aromatic rings. The van der Waals surface area contributed by atoms with Gasteiger partial charge in [-0.05, 0) is 64.8 Å². The summed E-state index contributed by atoms with van der Waals surface area (Å²) in [4.78, 5) is 0. The molecule has 1 N–H and O–H groups in total. The van der Waals surface area contributed by atoms with Crippen molar-refractivity contribution in [1.29, 1.82) is 0 Å². The first kappa shape index (κ1) is 14.9. The third kappa shape index (κ3) is 3.96. The van der Waals surface area contributed by atoms with Crippen LogP contribution < -0.4 is 5.32 Å². The molecule has 2 rings (SSSR count). The van der Waals surface area contributed by atoms with E-state index in [1.165, 1.54) is 5.56 Å². The first-order valence-electron chi connectivity index (χ1n) is 5.97. The van der Waals surface area contributed by atoms with Gasteiger partial charge in [-0.1, -0.05) is 41.4 Å². The highest BCUT2D eigenvalue weighted by Gasteiger charge is 2.11. The molecular weight excluding hydrogens is 345 g/mol. The molecule has 0 bridgehead atoms. The van der Waals surface area contributed by atoms with Crippen molar-refractivity contribution in [1.82, 2.24) is 5.32 Å². The largest absolute Gasteiger partial charge is 0.313 e. The molecule has 0 aromatic heterocycles. The van der Waals surface area contributed by atoms with Crippen molar-refractivity contribution in [2.24, 2.45) is 0 Å². The maximum absolute atomic E-state index is 6.15. The zero-order valence-electron chi connectivity index (χ0n) is 10.5. The van der Waals surface area contributed by atoms with Gasteiger partial charge in [-0.3, -0.25) is 0 Å². The van der Waals surface area contributed by atoms with Gasteiger partial charge in [0, 0.05) is 15.5 Å². The molecule has 1 nitrogen and oxygen atoms in total. The second-order valence-corrected chi connectivity index (χ2v) is 6.05. The van der Waals surface area contributed by atoms with Crippen LogP contribution in [-0.4, -0.2) is 7.05 Å². The van der Waals surface area contributed by atoms with Crippen LogP contribution in [0, 0.1) is 0 Å². The predicted molar refractivity (Wildman–Crippen MR) is 86.1 cm³/mol. The normalized spacial score (nSPS) is 12.4. The van der Waals surface area contributed by atoms with E-state index in [0.717, 1.165) is 26.5 Å². The van der Waals surface area contributed by atoms with E-state index in [1.54, 1.807) is 0 Å². The summed E-state index contributed by atoms with van der Waals surface area (Å²) >= 11 is 15.6. The molecule has 0 radical (unpaired) electrons. The molecule has 0 amide bonds. The van der Waals surface area contributed by atoms with Crippen LogP contribution in [0.5, 0.6) is 0 Å². The number of hydrogen-bond donors (Lipinski definition) is 1. The van der Waals surface area contributed by atoms with E-state index in [0.29, 0.717) is 0 Å². The van der Waals surface area contributed by atoms with Crippen molar-refractivity contribution in [2.45, 2.75) is 12.5 Å². The number of rotatable bonds is 4. The predicted octanol–water partition coefficient (Wildman–Crippen LogP) is 5.26. The third-order valence-corrected chi connectivity index (χ3v) is 4.49. The molecule has 0 fully saturated rings. The van der Waals surface area contributed by atoms with Crippen LogP contribution in [0.15, 0.2) is 46.9 Å². The lowest BCUT2D eigenvalue weighted by molar-refractivity contribution is 0.592. The molecule has 1 unspecified atom stereocenters. The Morgan fingerprint density at radius 3 is 2.58 bits per heavy atom.